The van der Waals surface area contributed by atoms with Gasteiger partial charge < -0.3 is 20.7 Å². The maximum absolute atomic E-state index is 11.0. The lowest BCUT2D eigenvalue weighted by Crippen LogP contribution is -2.16. The Hall–Kier alpha value is -3.98. The zero-order chi connectivity index (χ0) is 22.5. The number of hydrogen-bond acceptors (Lipinski definition) is 5. The van der Waals surface area contributed by atoms with Crippen LogP contribution in [-0.2, 0) is 13.5 Å². The zero-order valence-electron chi connectivity index (χ0n) is 17.3. The van der Waals surface area contributed by atoms with Gasteiger partial charge in [0, 0.05) is 30.3 Å². The summed E-state index contributed by atoms with van der Waals surface area (Å²) in [7, 11) is 1.75. The Kier molecular flexibility index (Phi) is 6.27. The lowest BCUT2D eigenvalue weighted by molar-refractivity contribution is 0.891. The molecular formula is C23H22N6O2S. The number of aromatic nitrogens is 4. The van der Waals surface area contributed by atoms with E-state index in [-0.39, 0.29) is 11.4 Å². The van der Waals surface area contributed by atoms with Crippen molar-refractivity contribution in [1.82, 2.24) is 19.5 Å². The molecular weight excluding hydrogens is 424 g/mol. The van der Waals surface area contributed by atoms with Crippen molar-refractivity contribution in [3.05, 3.63) is 99.3 Å². The van der Waals surface area contributed by atoms with Crippen LogP contribution in [0.2, 0.25) is 0 Å². The SMILES string of the molecule is Cn1c(=O)[nH]c2ccccc21.NC1=NSc2ccccc2C1.O=c1[nH]c2ccccc2[nH]1. The van der Waals surface area contributed by atoms with Crippen LogP contribution in [0.1, 0.15) is 5.56 Å². The lowest BCUT2D eigenvalue weighted by Gasteiger charge is -2.10. The highest BCUT2D eigenvalue weighted by atomic mass is 32.2. The molecule has 1 aliphatic heterocycles. The molecule has 0 amide bonds. The molecule has 0 bridgehead atoms. The van der Waals surface area contributed by atoms with Crippen molar-refractivity contribution in [3.8, 4) is 0 Å². The van der Waals surface area contributed by atoms with Crippen molar-refractivity contribution < 1.29 is 0 Å². The molecule has 6 rings (SSSR count). The van der Waals surface area contributed by atoms with Crippen LogP contribution in [0.3, 0.4) is 0 Å². The third kappa shape index (κ3) is 4.84. The summed E-state index contributed by atoms with van der Waals surface area (Å²) in [6, 6.07) is 23.3. The quantitative estimate of drug-likeness (QED) is 0.272. The molecule has 3 aromatic carbocycles. The van der Waals surface area contributed by atoms with E-state index in [1.807, 2.05) is 60.7 Å². The summed E-state index contributed by atoms with van der Waals surface area (Å²) in [5, 5.41) is 0. The molecule has 5 aromatic rings. The Balaban J connectivity index is 0.000000115. The van der Waals surface area contributed by atoms with E-state index in [1.54, 1.807) is 11.6 Å². The minimum absolute atomic E-state index is 0.0637. The monoisotopic (exact) mass is 446 g/mol. The van der Waals surface area contributed by atoms with E-state index in [0.717, 1.165) is 28.5 Å². The predicted octanol–water partition coefficient (Wildman–Crippen LogP) is 3.33. The van der Waals surface area contributed by atoms with Crippen LogP contribution < -0.4 is 17.1 Å². The van der Waals surface area contributed by atoms with Gasteiger partial charge in [0.25, 0.3) is 0 Å². The molecule has 0 unspecified atom stereocenters. The number of aromatic amines is 3. The first-order valence-corrected chi connectivity index (χ1v) is 10.7. The maximum atomic E-state index is 11.0. The van der Waals surface area contributed by atoms with Crippen LogP contribution in [0.4, 0.5) is 0 Å². The number of rotatable bonds is 0. The summed E-state index contributed by atoms with van der Waals surface area (Å²) < 4.78 is 5.67. The second-order valence-corrected chi connectivity index (χ2v) is 7.89. The minimum Gasteiger partial charge on any atom is -0.386 e. The largest absolute Gasteiger partial charge is 0.386 e. The molecule has 32 heavy (non-hydrogen) atoms. The molecule has 0 saturated carbocycles. The molecule has 8 nitrogen and oxygen atoms in total. The Morgan fingerprint density at radius 3 is 2.12 bits per heavy atom. The molecule has 162 valence electrons. The van der Waals surface area contributed by atoms with Crippen LogP contribution in [0.15, 0.2) is 91.7 Å². The molecule has 3 heterocycles. The highest BCUT2D eigenvalue weighted by molar-refractivity contribution is 7.98. The third-order valence-electron chi connectivity index (χ3n) is 4.84. The van der Waals surface area contributed by atoms with E-state index in [2.05, 4.69) is 31.5 Å². The van der Waals surface area contributed by atoms with E-state index in [0.29, 0.717) is 5.84 Å². The predicted molar refractivity (Wildman–Crippen MR) is 130 cm³/mol. The van der Waals surface area contributed by atoms with E-state index >= 15 is 0 Å². The maximum Gasteiger partial charge on any atom is 0.326 e. The van der Waals surface area contributed by atoms with Gasteiger partial charge in [-0.3, -0.25) is 4.57 Å². The molecule has 0 radical (unpaired) electrons. The summed E-state index contributed by atoms with van der Waals surface area (Å²) >= 11 is 1.46. The summed E-state index contributed by atoms with van der Waals surface area (Å²) in [6.07, 6.45) is 0.795. The number of H-pyrrole nitrogens is 3. The summed E-state index contributed by atoms with van der Waals surface area (Å²) in [5.41, 5.74) is 10.2. The van der Waals surface area contributed by atoms with Gasteiger partial charge in [-0.15, -0.1) is 0 Å². The smallest absolute Gasteiger partial charge is 0.326 e. The fourth-order valence-electron chi connectivity index (χ4n) is 3.23. The zero-order valence-corrected chi connectivity index (χ0v) is 18.1. The summed E-state index contributed by atoms with van der Waals surface area (Å²) in [5.74, 6) is 0.716. The van der Waals surface area contributed by atoms with E-state index in [9.17, 15) is 9.59 Å². The number of aryl methyl sites for hydroxylation is 1. The van der Waals surface area contributed by atoms with Gasteiger partial charge in [0.15, 0.2) is 0 Å². The molecule has 5 N–H and O–H groups in total. The van der Waals surface area contributed by atoms with Crippen LogP contribution in [0.25, 0.3) is 22.1 Å². The first kappa shape index (κ1) is 21.3. The van der Waals surface area contributed by atoms with Gasteiger partial charge in [-0.1, -0.05) is 42.5 Å². The lowest BCUT2D eigenvalue weighted by atomic mass is 10.1. The van der Waals surface area contributed by atoms with Crippen LogP contribution in [0.5, 0.6) is 0 Å². The number of nitrogens with zero attached hydrogens (tertiary/aromatic N) is 2. The Labute approximate surface area is 187 Å². The normalized spacial score (nSPS) is 12.2. The van der Waals surface area contributed by atoms with E-state index in [1.165, 1.54) is 22.4 Å². The van der Waals surface area contributed by atoms with Gasteiger partial charge in [0.1, 0.15) is 5.84 Å². The standard InChI is InChI=1S/C8H8N2O.C8H8N2S.C7H6N2O/c1-10-7-5-3-2-4-6(7)9-8(10)11;9-8-5-6-3-1-2-4-7(6)11-10-8;10-7-8-5-3-1-2-4-6(5)9-7/h2-5H,1H3,(H,9,11);1-4H,5H2,(H2,9,10);1-4H,(H2,8,9,10). The van der Waals surface area contributed by atoms with Gasteiger partial charge in [0.05, 0.1) is 22.1 Å². The summed E-state index contributed by atoms with van der Waals surface area (Å²) in [4.78, 5) is 31.0. The number of nitrogens with one attached hydrogen (secondary N) is 3. The topological polar surface area (TPSA) is 125 Å². The number of benzene rings is 3. The van der Waals surface area contributed by atoms with E-state index in [4.69, 9.17) is 5.73 Å². The van der Waals surface area contributed by atoms with E-state index < -0.39 is 0 Å². The Bertz CT molecular complexity index is 1470. The highest BCUT2D eigenvalue weighted by Crippen LogP contribution is 2.27. The number of fused-ring (bicyclic) bond motifs is 3. The van der Waals surface area contributed by atoms with Gasteiger partial charge in [-0.2, -0.15) is 4.40 Å². The van der Waals surface area contributed by atoms with Crippen molar-refractivity contribution >= 4 is 39.9 Å². The van der Waals surface area contributed by atoms with Crippen molar-refractivity contribution in [2.75, 3.05) is 0 Å². The van der Waals surface area contributed by atoms with Crippen LogP contribution in [0, 0.1) is 0 Å². The van der Waals surface area contributed by atoms with Crippen molar-refractivity contribution in [1.29, 1.82) is 0 Å². The van der Waals surface area contributed by atoms with Crippen LogP contribution in [-0.4, -0.2) is 25.4 Å². The van der Waals surface area contributed by atoms with Crippen molar-refractivity contribution in [2.45, 2.75) is 11.3 Å². The van der Waals surface area contributed by atoms with Gasteiger partial charge in [-0.25, -0.2) is 9.59 Å². The molecule has 2 aromatic heterocycles. The Morgan fingerprint density at radius 2 is 1.44 bits per heavy atom. The molecule has 0 saturated heterocycles. The average molecular weight is 447 g/mol. The molecule has 0 fully saturated rings. The van der Waals surface area contributed by atoms with Crippen molar-refractivity contribution in [2.24, 2.45) is 17.2 Å². The second-order valence-electron chi connectivity index (χ2n) is 7.09. The number of amidine groups is 1. The van der Waals surface area contributed by atoms with Crippen molar-refractivity contribution in [3.63, 3.8) is 0 Å². The van der Waals surface area contributed by atoms with Crippen LogP contribution >= 0.6 is 11.9 Å². The van der Waals surface area contributed by atoms with Gasteiger partial charge in [0.2, 0.25) is 0 Å². The van der Waals surface area contributed by atoms with Gasteiger partial charge >= 0.3 is 11.4 Å². The number of nitrogens with two attached hydrogens (primary N) is 1. The highest BCUT2D eigenvalue weighted by Gasteiger charge is 2.08. The number of imidazole rings is 2. The summed E-state index contributed by atoms with van der Waals surface area (Å²) in [6.45, 7) is 0. The fraction of sp³-hybridized carbons (Fsp3) is 0.0870. The molecule has 9 heteroatoms. The third-order valence-corrected chi connectivity index (χ3v) is 5.76. The molecule has 0 atom stereocenters. The molecule has 0 spiro atoms. The molecule has 0 aliphatic carbocycles. The number of para-hydroxylation sites is 4. The number of hydrogen-bond donors (Lipinski definition) is 4. The second kappa shape index (κ2) is 9.44. The molecule has 1 aliphatic rings. The minimum atomic E-state index is -0.152. The van der Waals surface area contributed by atoms with Gasteiger partial charge in [-0.05, 0) is 35.9 Å². The fourth-order valence-corrected chi connectivity index (χ4v) is 3.91. The first-order valence-electron chi connectivity index (χ1n) is 9.89. The Morgan fingerprint density at radius 1 is 0.844 bits per heavy atom. The first-order chi connectivity index (χ1) is 15.5. The average Bonchev–Trinajstić information content (AvgIpc) is 3.33.